The summed E-state index contributed by atoms with van der Waals surface area (Å²) in [5.74, 6) is 0. The van der Waals surface area contributed by atoms with Gasteiger partial charge in [-0.05, 0) is 0 Å². The Balaban J connectivity index is 2.99. The van der Waals surface area contributed by atoms with Crippen molar-refractivity contribution in [1.29, 1.82) is 0 Å². The van der Waals surface area contributed by atoms with Crippen molar-refractivity contribution in [2.45, 2.75) is 6.92 Å². The second-order valence-electron chi connectivity index (χ2n) is 2.62. The van der Waals surface area contributed by atoms with Gasteiger partial charge >= 0.3 is 0 Å². The van der Waals surface area contributed by atoms with E-state index in [1.54, 1.807) is 12.1 Å². The maximum Gasteiger partial charge on any atom is 0.211 e. The molecule has 0 aliphatic heterocycles. The van der Waals surface area contributed by atoms with Crippen molar-refractivity contribution < 1.29 is 9.59 Å². The molecule has 4 heteroatoms. The van der Waals surface area contributed by atoms with E-state index in [0.717, 1.165) is 5.56 Å². The molecule has 1 aromatic carbocycles. The van der Waals surface area contributed by atoms with Gasteiger partial charge in [-0.1, -0.05) is 24.7 Å². The van der Waals surface area contributed by atoms with Gasteiger partial charge in [-0.15, -0.1) is 0 Å². The molecule has 0 spiro atoms. The maximum atomic E-state index is 10.3. The van der Waals surface area contributed by atoms with Crippen molar-refractivity contribution in [2.24, 2.45) is 0 Å². The van der Waals surface area contributed by atoms with Crippen molar-refractivity contribution >= 4 is 24.2 Å². The number of anilines is 2. The molecule has 2 N–H and O–H groups in total. The standard InChI is InChI=1S/C10H11N2O2/c1-2-8-3-4-9(11-6-13)5-10(8)12-7-14/h2-7H,1H3,(H,11,13)(H,12,14)/q-1. The van der Waals surface area contributed by atoms with Gasteiger partial charge in [0.1, 0.15) is 0 Å². The van der Waals surface area contributed by atoms with Crippen LogP contribution in [0.5, 0.6) is 0 Å². The molecule has 14 heavy (non-hydrogen) atoms. The van der Waals surface area contributed by atoms with Crippen LogP contribution in [0.4, 0.5) is 11.4 Å². The van der Waals surface area contributed by atoms with Gasteiger partial charge in [0.2, 0.25) is 12.8 Å². The molecule has 0 bridgehead atoms. The Hall–Kier alpha value is -1.97. The molecule has 0 fully saturated rings. The number of nitrogens with one attached hydrogen (secondary N) is 2. The first-order valence-corrected chi connectivity index (χ1v) is 4.15. The summed E-state index contributed by atoms with van der Waals surface area (Å²) in [7, 11) is 0. The van der Waals surface area contributed by atoms with E-state index in [0.29, 0.717) is 24.2 Å². The highest BCUT2D eigenvalue weighted by molar-refractivity contribution is 5.80. The molecule has 0 atom stereocenters. The molecule has 0 heterocycles. The summed E-state index contributed by atoms with van der Waals surface area (Å²) < 4.78 is 0. The van der Waals surface area contributed by atoms with E-state index in [9.17, 15) is 9.59 Å². The van der Waals surface area contributed by atoms with Gasteiger partial charge < -0.3 is 10.6 Å². The monoisotopic (exact) mass is 191 g/mol. The average molecular weight is 191 g/mol. The third-order valence-corrected chi connectivity index (χ3v) is 1.80. The van der Waals surface area contributed by atoms with Crippen LogP contribution in [-0.4, -0.2) is 12.8 Å². The minimum absolute atomic E-state index is 0.593. The van der Waals surface area contributed by atoms with Gasteiger partial charge in [-0.25, -0.2) is 0 Å². The first kappa shape index (κ1) is 10.1. The summed E-state index contributed by atoms with van der Waals surface area (Å²) in [6, 6.07) is 5.27. The van der Waals surface area contributed by atoms with Gasteiger partial charge in [-0.2, -0.15) is 18.1 Å². The van der Waals surface area contributed by atoms with E-state index in [-0.39, 0.29) is 0 Å². The number of carbonyl (C=O) groups excluding carboxylic acids is 2. The highest BCUT2D eigenvalue weighted by Gasteiger charge is 1.92. The largest absolute Gasteiger partial charge is 0.381 e. The molecule has 74 valence electrons. The molecule has 1 rings (SSSR count). The van der Waals surface area contributed by atoms with Gasteiger partial charge in [-0.3, -0.25) is 9.59 Å². The SMILES string of the molecule is C[CH-]c1ccc(NC=O)cc1NC=O. The number of carbonyl (C=O) groups is 2. The van der Waals surface area contributed by atoms with Crippen molar-refractivity contribution in [3.63, 3.8) is 0 Å². The number of amides is 2. The number of hydrogen-bond acceptors (Lipinski definition) is 2. The Bertz CT molecular complexity index is 337. The zero-order valence-corrected chi connectivity index (χ0v) is 7.78. The summed E-state index contributed by atoms with van der Waals surface area (Å²) >= 11 is 0. The molecule has 0 saturated carbocycles. The molecule has 0 unspecified atom stereocenters. The summed E-state index contributed by atoms with van der Waals surface area (Å²) in [6.45, 7) is 1.87. The highest BCUT2D eigenvalue weighted by atomic mass is 16.1. The van der Waals surface area contributed by atoms with Crippen LogP contribution in [0.3, 0.4) is 0 Å². The summed E-state index contributed by atoms with van der Waals surface area (Å²) in [5.41, 5.74) is 2.23. The fraction of sp³-hybridized carbons (Fsp3) is 0.100. The van der Waals surface area contributed by atoms with Gasteiger partial charge in [0.25, 0.3) is 0 Å². The molecule has 0 saturated heterocycles. The zero-order valence-electron chi connectivity index (χ0n) is 7.78. The molecule has 0 radical (unpaired) electrons. The van der Waals surface area contributed by atoms with Crippen molar-refractivity contribution in [3.8, 4) is 0 Å². The van der Waals surface area contributed by atoms with Crippen molar-refractivity contribution in [1.82, 2.24) is 0 Å². The van der Waals surface area contributed by atoms with Crippen LogP contribution in [0.2, 0.25) is 0 Å². The Labute approximate surface area is 82.3 Å². The van der Waals surface area contributed by atoms with Crippen LogP contribution in [0.1, 0.15) is 12.5 Å². The molecular formula is C10H11N2O2-. The number of rotatable bonds is 5. The van der Waals surface area contributed by atoms with Crippen molar-refractivity contribution in [3.05, 3.63) is 30.2 Å². The summed E-state index contributed by atoms with van der Waals surface area (Å²) in [5, 5.41) is 5.07. The fourth-order valence-electron chi connectivity index (χ4n) is 1.15. The van der Waals surface area contributed by atoms with Crippen LogP contribution in [-0.2, 0) is 9.59 Å². The lowest BCUT2D eigenvalue weighted by Gasteiger charge is -2.16. The fourth-order valence-corrected chi connectivity index (χ4v) is 1.15. The van der Waals surface area contributed by atoms with Gasteiger partial charge in [0, 0.05) is 5.69 Å². The van der Waals surface area contributed by atoms with Crippen LogP contribution in [0.15, 0.2) is 18.2 Å². The third-order valence-electron chi connectivity index (χ3n) is 1.80. The van der Waals surface area contributed by atoms with E-state index < -0.39 is 0 Å². The first-order valence-electron chi connectivity index (χ1n) is 4.15. The smallest absolute Gasteiger partial charge is 0.211 e. The van der Waals surface area contributed by atoms with Crippen LogP contribution >= 0.6 is 0 Å². The molecule has 2 amide bonds. The molecule has 0 aliphatic rings. The second-order valence-corrected chi connectivity index (χ2v) is 2.62. The minimum atomic E-state index is 0.593. The Morgan fingerprint density at radius 1 is 1.21 bits per heavy atom. The molecule has 4 nitrogen and oxygen atoms in total. The highest BCUT2D eigenvalue weighted by Crippen LogP contribution is 2.21. The number of benzene rings is 1. The molecule has 0 aliphatic carbocycles. The molecule has 1 aromatic rings. The predicted octanol–water partition coefficient (Wildman–Crippen LogP) is 1.40. The molecule has 0 aromatic heterocycles. The minimum Gasteiger partial charge on any atom is -0.381 e. The topological polar surface area (TPSA) is 58.2 Å². The first-order chi connectivity index (χ1) is 6.81. The Morgan fingerprint density at radius 2 is 1.93 bits per heavy atom. The average Bonchev–Trinajstić information content (AvgIpc) is 2.19. The second kappa shape index (κ2) is 4.91. The predicted molar refractivity (Wildman–Crippen MR) is 54.9 cm³/mol. The van der Waals surface area contributed by atoms with Crippen LogP contribution in [0, 0.1) is 6.42 Å². The van der Waals surface area contributed by atoms with E-state index >= 15 is 0 Å². The van der Waals surface area contributed by atoms with E-state index in [1.807, 2.05) is 19.4 Å². The van der Waals surface area contributed by atoms with Crippen molar-refractivity contribution in [2.75, 3.05) is 10.6 Å². The lowest BCUT2D eigenvalue weighted by Crippen LogP contribution is -2.00. The van der Waals surface area contributed by atoms with Crippen LogP contribution < -0.4 is 10.6 Å². The summed E-state index contributed by atoms with van der Waals surface area (Å²) in [6.07, 6.45) is 3.07. The lowest BCUT2D eigenvalue weighted by atomic mass is 10.1. The van der Waals surface area contributed by atoms with Crippen LogP contribution in [0.25, 0.3) is 0 Å². The zero-order chi connectivity index (χ0) is 10.4. The Morgan fingerprint density at radius 3 is 2.50 bits per heavy atom. The molecular weight excluding hydrogens is 180 g/mol. The lowest BCUT2D eigenvalue weighted by molar-refractivity contribution is -0.106. The normalized spacial score (nSPS) is 8.93. The number of hydrogen-bond donors (Lipinski definition) is 2. The van der Waals surface area contributed by atoms with Gasteiger partial charge in [0.05, 0.1) is 0 Å². The Kier molecular flexibility index (Phi) is 3.55. The van der Waals surface area contributed by atoms with E-state index in [2.05, 4.69) is 10.6 Å². The van der Waals surface area contributed by atoms with E-state index in [4.69, 9.17) is 0 Å². The van der Waals surface area contributed by atoms with Gasteiger partial charge in [0.15, 0.2) is 0 Å². The third kappa shape index (κ3) is 2.26. The maximum absolute atomic E-state index is 10.3. The van der Waals surface area contributed by atoms with E-state index in [1.165, 1.54) is 0 Å². The quantitative estimate of drug-likeness (QED) is 0.546. The summed E-state index contributed by atoms with van der Waals surface area (Å²) in [4.78, 5) is 20.5.